The van der Waals surface area contributed by atoms with Crippen molar-refractivity contribution in [3.05, 3.63) is 29.6 Å². The van der Waals surface area contributed by atoms with Crippen molar-refractivity contribution in [2.24, 2.45) is 5.73 Å². The van der Waals surface area contributed by atoms with Gasteiger partial charge in [0, 0.05) is 11.1 Å². The first-order valence-electron chi connectivity index (χ1n) is 5.76. The molecule has 1 aromatic carbocycles. The standard InChI is InChI=1S/C13H19FN2O2/c1-13(2,6-7-15)16-12(17)9-4-5-10(14)11(8-9)18-3/h4-5,8H,6-7,15H2,1-3H3,(H,16,17). The van der Waals surface area contributed by atoms with Crippen LogP contribution in [0.4, 0.5) is 4.39 Å². The largest absolute Gasteiger partial charge is 0.494 e. The van der Waals surface area contributed by atoms with Crippen LogP contribution >= 0.6 is 0 Å². The maximum absolute atomic E-state index is 13.2. The van der Waals surface area contributed by atoms with Crippen molar-refractivity contribution >= 4 is 5.91 Å². The molecular weight excluding hydrogens is 235 g/mol. The molecule has 5 heteroatoms. The fourth-order valence-electron chi connectivity index (χ4n) is 1.60. The molecule has 0 radical (unpaired) electrons. The Labute approximate surface area is 106 Å². The minimum absolute atomic E-state index is 0.0549. The lowest BCUT2D eigenvalue weighted by Crippen LogP contribution is -2.44. The van der Waals surface area contributed by atoms with Gasteiger partial charge in [-0.1, -0.05) is 0 Å². The molecule has 0 atom stereocenters. The molecule has 0 aliphatic heterocycles. The van der Waals surface area contributed by atoms with E-state index in [1.807, 2.05) is 13.8 Å². The van der Waals surface area contributed by atoms with Crippen molar-refractivity contribution in [3.8, 4) is 5.75 Å². The van der Waals surface area contributed by atoms with Gasteiger partial charge in [-0.25, -0.2) is 4.39 Å². The summed E-state index contributed by atoms with van der Waals surface area (Å²) in [7, 11) is 1.36. The van der Waals surface area contributed by atoms with Crippen LogP contribution < -0.4 is 15.8 Å². The van der Waals surface area contributed by atoms with Crippen LogP contribution in [0.5, 0.6) is 5.75 Å². The molecule has 3 N–H and O–H groups in total. The molecule has 0 saturated heterocycles. The zero-order valence-corrected chi connectivity index (χ0v) is 10.9. The summed E-state index contributed by atoms with van der Waals surface area (Å²) >= 11 is 0. The second-order valence-electron chi connectivity index (χ2n) is 4.73. The lowest BCUT2D eigenvalue weighted by molar-refractivity contribution is 0.0910. The van der Waals surface area contributed by atoms with Gasteiger partial charge in [-0.2, -0.15) is 0 Å². The van der Waals surface area contributed by atoms with E-state index in [1.165, 1.54) is 25.3 Å². The number of hydrogen-bond acceptors (Lipinski definition) is 3. The number of nitrogens with one attached hydrogen (secondary N) is 1. The number of halogens is 1. The highest BCUT2D eigenvalue weighted by Gasteiger charge is 2.20. The van der Waals surface area contributed by atoms with E-state index in [-0.39, 0.29) is 11.7 Å². The molecule has 0 unspecified atom stereocenters. The molecular formula is C13H19FN2O2. The summed E-state index contributed by atoms with van der Waals surface area (Å²) in [6, 6.07) is 4.01. The molecule has 1 rings (SSSR count). The van der Waals surface area contributed by atoms with Gasteiger partial charge in [0.15, 0.2) is 11.6 Å². The average molecular weight is 254 g/mol. The van der Waals surface area contributed by atoms with Crippen LogP contribution in [0, 0.1) is 5.82 Å². The smallest absolute Gasteiger partial charge is 0.251 e. The molecule has 4 nitrogen and oxygen atoms in total. The van der Waals surface area contributed by atoms with Gasteiger partial charge < -0.3 is 15.8 Å². The van der Waals surface area contributed by atoms with E-state index in [0.717, 1.165) is 0 Å². The normalized spacial score (nSPS) is 11.2. The first kappa shape index (κ1) is 14.4. The molecule has 0 spiro atoms. The highest BCUT2D eigenvalue weighted by Crippen LogP contribution is 2.19. The summed E-state index contributed by atoms with van der Waals surface area (Å²) < 4.78 is 18.1. The van der Waals surface area contributed by atoms with Crippen molar-refractivity contribution < 1.29 is 13.9 Å². The van der Waals surface area contributed by atoms with Crippen molar-refractivity contribution in [2.75, 3.05) is 13.7 Å². The van der Waals surface area contributed by atoms with E-state index in [4.69, 9.17) is 10.5 Å². The Bertz CT molecular complexity index is 433. The lowest BCUT2D eigenvalue weighted by atomic mass is 10.00. The molecule has 0 bridgehead atoms. The Morgan fingerprint density at radius 1 is 1.50 bits per heavy atom. The third kappa shape index (κ3) is 3.70. The van der Waals surface area contributed by atoms with Crippen molar-refractivity contribution in [1.29, 1.82) is 0 Å². The molecule has 0 fully saturated rings. The first-order chi connectivity index (χ1) is 8.39. The van der Waals surface area contributed by atoms with Crippen molar-refractivity contribution in [3.63, 3.8) is 0 Å². The average Bonchev–Trinajstić information content (AvgIpc) is 2.28. The van der Waals surface area contributed by atoms with Crippen molar-refractivity contribution in [2.45, 2.75) is 25.8 Å². The Morgan fingerprint density at radius 2 is 2.17 bits per heavy atom. The van der Waals surface area contributed by atoms with Crippen LogP contribution in [-0.4, -0.2) is 25.1 Å². The quantitative estimate of drug-likeness (QED) is 0.840. The number of ether oxygens (including phenoxy) is 1. The van der Waals surface area contributed by atoms with E-state index in [2.05, 4.69) is 5.32 Å². The molecule has 1 amide bonds. The van der Waals surface area contributed by atoms with Crippen LogP contribution in [-0.2, 0) is 0 Å². The van der Waals surface area contributed by atoms with Gasteiger partial charge in [0.1, 0.15) is 0 Å². The predicted molar refractivity (Wildman–Crippen MR) is 68.2 cm³/mol. The van der Waals surface area contributed by atoms with E-state index in [0.29, 0.717) is 18.5 Å². The SMILES string of the molecule is COc1cc(C(=O)NC(C)(C)CCN)ccc1F. The predicted octanol–water partition coefficient (Wildman–Crippen LogP) is 1.69. The Hall–Kier alpha value is -1.62. The number of methoxy groups -OCH3 is 1. The van der Waals surface area contributed by atoms with Crippen LogP contribution in [0.1, 0.15) is 30.6 Å². The Kier molecular flexibility index (Phi) is 4.67. The summed E-state index contributed by atoms with van der Waals surface area (Å²) in [5.74, 6) is -0.707. The molecule has 1 aromatic rings. The summed E-state index contributed by atoms with van der Waals surface area (Å²) in [5.41, 5.74) is 5.44. The molecule has 18 heavy (non-hydrogen) atoms. The van der Waals surface area contributed by atoms with Crippen LogP contribution in [0.3, 0.4) is 0 Å². The second-order valence-corrected chi connectivity index (χ2v) is 4.73. The topological polar surface area (TPSA) is 64.3 Å². The fraction of sp³-hybridized carbons (Fsp3) is 0.462. The van der Waals surface area contributed by atoms with E-state index < -0.39 is 11.4 Å². The summed E-state index contributed by atoms with van der Waals surface area (Å²) in [4.78, 5) is 12.0. The number of rotatable bonds is 5. The van der Waals surface area contributed by atoms with Crippen molar-refractivity contribution in [1.82, 2.24) is 5.32 Å². The third-order valence-electron chi connectivity index (χ3n) is 2.63. The first-order valence-corrected chi connectivity index (χ1v) is 5.76. The molecule has 0 aromatic heterocycles. The van der Waals surface area contributed by atoms with Gasteiger partial charge in [0.05, 0.1) is 7.11 Å². The third-order valence-corrected chi connectivity index (χ3v) is 2.63. The van der Waals surface area contributed by atoms with Gasteiger partial charge in [-0.3, -0.25) is 4.79 Å². The maximum atomic E-state index is 13.2. The monoisotopic (exact) mass is 254 g/mol. The van der Waals surface area contributed by atoms with E-state index >= 15 is 0 Å². The number of carbonyl (C=O) groups is 1. The van der Waals surface area contributed by atoms with Crippen LogP contribution in [0.15, 0.2) is 18.2 Å². The van der Waals surface area contributed by atoms with E-state index in [1.54, 1.807) is 0 Å². The fourth-order valence-corrected chi connectivity index (χ4v) is 1.60. The van der Waals surface area contributed by atoms with Gasteiger partial charge >= 0.3 is 0 Å². The van der Waals surface area contributed by atoms with Crippen LogP contribution in [0.2, 0.25) is 0 Å². The number of nitrogens with two attached hydrogens (primary N) is 1. The minimum Gasteiger partial charge on any atom is -0.494 e. The summed E-state index contributed by atoms with van der Waals surface area (Å²) in [5, 5.41) is 2.85. The zero-order chi connectivity index (χ0) is 13.8. The molecule has 0 saturated carbocycles. The van der Waals surface area contributed by atoms with Gasteiger partial charge in [0.25, 0.3) is 5.91 Å². The van der Waals surface area contributed by atoms with E-state index in [9.17, 15) is 9.18 Å². The number of benzene rings is 1. The maximum Gasteiger partial charge on any atom is 0.251 e. The molecule has 0 aliphatic carbocycles. The van der Waals surface area contributed by atoms with Gasteiger partial charge in [-0.15, -0.1) is 0 Å². The van der Waals surface area contributed by atoms with Gasteiger partial charge in [-0.05, 0) is 45.0 Å². The molecule has 0 heterocycles. The number of carbonyl (C=O) groups excluding carboxylic acids is 1. The molecule has 100 valence electrons. The Balaban J connectivity index is 2.85. The number of amides is 1. The second kappa shape index (κ2) is 5.82. The summed E-state index contributed by atoms with van der Waals surface area (Å²) in [6.07, 6.45) is 0.664. The van der Waals surface area contributed by atoms with Gasteiger partial charge in [0.2, 0.25) is 0 Å². The zero-order valence-electron chi connectivity index (χ0n) is 10.9. The van der Waals surface area contributed by atoms with Crippen LogP contribution in [0.25, 0.3) is 0 Å². The number of hydrogen-bond donors (Lipinski definition) is 2. The molecule has 0 aliphatic rings. The highest BCUT2D eigenvalue weighted by atomic mass is 19.1. The Morgan fingerprint density at radius 3 is 2.72 bits per heavy atom. The lowest BCUT2D eigenvalue weighted by Gasteiger charge is -2.25. The highest BCUT2D eigenvalue weighted by molar-refractivity contribution is 5.95. The summed E-state index contributed by atoms with van der Waals surface area (Å²) in [6.45, 7) is 4.26. The minimum atomic E-state index is -0.490.